The molecular weight excluding hydrogens is 278 g/mol. The number of amides is 2. The average Bonchev–Trinajstić information content (AvgIpc) is 3.16. The molecule has 2 fully saturated rings. The van der Waals surface area contributed by atoms with Gasteiger partial charge in [-0.2, -0.15) is 5.26 Å². The molecule has 1 aliphatic carbocycles. The molecule has 1 N–H and O–H groups in total. The van der Waals surface area contributed by atoms with Crippen molar-refractivity contribution in [2.75, 3.05) is 11.4 Å². The molecule has 22 heavy (non-hydrogen) atoms. The Morgan fingerprint density at radius 3 is 2.73 bits per heavy atom. The minimum absolute atomic E-state index is 0.0304. The third-order valence-corrected chi connectivity index (χ3v) is 4.51. The fraction of sp³-hybridized carbons (Fsp3) is 0.471. The van der Waals surface area contributed by atoms with E-state index in [0.717, 1.165) is 25.7 Å². The molecule has 1 aromatic carbocycles. The summed E-state index contributed by atoms with van der Waals surface area (Å²) in [7, 11) is 0. The summed E-state index contributed by atoms with van der Waals surface area (Å²) < 4.78 is 0. The Morgan fingerprint density at radius 1 is 1.27 bits per heavy atom. The molecule has 1 aromatic rings. The van der Waals surface area contributed by atoms with Crippen molar-refractivity contribution in [1.29, 1.82) is 5.26 Å². The highest BCUT2D eigenvalue weighted by molar-refractivity contribution is 6.01. The number of anilines is 1. The Balaban J connectivity index is 1.70. The molecule has 3 rings (SSSR count). The van der Waals surface area contributed by atoms with Crippen molar-refractivity contribution in [1.82, 2.24) is 5.32 Å². The quantitative estimate of drug-likeness (QED) is 0.927. The largest absolute Gasteiger partial charge is 0.353 e. The highest BCUT2D eigenvalue weighted by atomic mass is 16.2. The second kappa shape index (κ2) is 6.18. The average molecular weight is 297 g/mol. The van der Waals surface area contributed by atoms with Gasteiger partial charge in [0.05, 0.1) is 17.2 Å². The summed E-state index contributed by atoms with van der Waals surface area (Å²) >= 11 is 0. The first-order valence-electron chi connectivity index (χ1n) is 7.79. The van der Waals surface area contributed by atoms with Gasteiger partial charge >= 0.3 is 0 Å². The minimum atomic E-state index is -0.320. The topological polar surface area (TPSA) is 73.2 Å². The van der Waals surface area contributed by atoms with Crippen molar-refractivity contribution in [2.45, 2.75) is 38.1 Å². The summed E-state index contributed by atoms with van der Waals surface area (Å²) in [5.74, 6) is -0.439. The fourth-order valence-electron chi connectivity index (χ4n) is 3.31. The van der Waals surface area contributed by atoms with Crippen molar-refractivity contribution < 1.29 is 9.59 Å². The van der Waals surface area contributed by atoms with E-state index in [0.29, 0.717) is 17.8 Å². The van der Waals surface area contributed by atoms with Gasteiger partial charge in [0, 0.05) is 19.0 Å². The Hall–Kier alpha value is -2.35. The highest BCUT2D eigenvalue weighted by Gasteiger charge is 2.36. The van der Waals surface area contributed by atoms with Gasteiger partial charge < -0.3 is 10.2 Å². The zero-order valence-corrected chi connectivity index (χ0v) is 12.4. The molecule has 114 valence electrons. The standard InChI is InChI=1S/C17H19N3O2/c18-10-12-5-1-4-8-15(12)20-11-13(9-16(20)21)17(22)19-14-6-2-3-7-14/h1,4-5,8,13-14H,2-3,6-7,9,11H2,(H,19,22). The Bertz CT molecular complexity index is 629. The summed E-state index contributed by atoms with van der Waals surface area (Å²) in [4.78, 5) is 26.1. The summed E-state index contributed by atoms with van der Waals surface area (Å²) in [5.41, 5.74) is 1.07. The lowest BCUT2D eigenvalue weighted by Crippen LogP contribution is -2.38. The van der Waals surface area contributed by atoms with Crippen LogP contribution >= 0.6 is 0 Å². The van der Waals surface area contributed by atoms with E-state index >= 15 is 0 Å². The van der Waals surface area contributed by atoms with Crippen molar-refractivity contribution in [3.8, 4) is 6.07 Å². The van der Waals surface area contributed by atoms with Crippen LogP contribution in [-0.4, -0.2) is 24.4 Å². The molecule has 2 aliphatic rings. The Kier molecular flexibility index (Phi) is 4.10. The predicted octanol–water partition coefficient (Wildman–Crippen LogP) is 1.97. The summed E-state index contributed by atoms with van der Waals surface area (Å²) in [5, 5.41) is 12.2. The molecule has 0 bridgehead atoms. The summed E-state index contributed by atoms with van der Waals surface area (Å²) in [6, 6.07) is 9.39. The Morgan fingerprint density at radius 2 is 2.00 bits per heavy atom. The van der Waals surface area contributed by atoms with Crippen LogP contribution in [0.5, 0.6) is 0 Å². The van der Waals surface area contributed by atoms with E-state index in [-0.39, 0.29) is 30.2 Å². The number of para-hydroxylation sites is 1. The number of rotatable bonds is 3. The van der Waals surface area contributed by atoms with Gasteiger partial charge in [0.2, 0.25) is 11.8 Å². The van der Waals surface area contributed by atoms with Crippen LogP contribution in [0.4, 0.5) is 5.69 Å². The van der Waals surface area contributed by atoms with E-state index in [1.165, 1.54) is 0 Å². The number of nitriles is 1. The van der Waals surface area contributed by atoms with E-state index in [9.17, 15) is 9.59 Å². The minimum Gasteiger partial charge on any atom is -0.353 e. The van der Waals surface area contributed by atoms with Crippen LogP contribution in [0.15, 0.2) is 24.3 Å². The summed E-state index contributed by atoms with van der Waals surface area (Å²) in [6.45, 7) is 0.357. The van der Waals surface area contributed by atoms with Gasteiger partial charge in [-0.15, -0.1) is 0 Å². The zero-order valence-electron chi connectivity index (χ0n) is 12.4. The SMILES string of the molecule is N#Cc1ccccc1N1CC(C(=O)NC2CCCC2)CC1=O. The lowest BCUT2D eigenvalue weighted by Gasteiger charge is -2.19. The molecule has 0 radical (unpaired) electrons. The molecule has 1 saturated carbocycles. The number of nitrogens with zero attached hydrogens (tertiary/aromatic N) is 2. The molecule has 0 aromatic heterocycles. The number of nitrogens with one attached hydrogen (secondary N) is 1. The van der Waals surface area contributed by atoms with Crippen LogP contribution in [0.2, 0.25) is 0 Å². The van der Waals surface area contributed by atoms with Crippen LogP contribution in [-0.2, 0) is 9.59 Å². The molecule has 1 unspecified atom stereocenters. The van der Waals surface area contributed by atoms with Gasteiger partial charge in [-0.1, -0.05) is 25.0 Å². The highest BCUT2D eigenvalue weighted by Crippen LogP contribution is 2.28. The molecule has 5 heteroatoms. The number of carbonyl (C=O) groups excluding carboxylic acids is 2. The fourth-order valence-corrected chi connectivity index (χ4v) is 3.31. The molecule has 1 aliphatic heterocycles. The number of hydrogen-bond acceptors (Lipinski definition) is 3. The second-order valence-corrected chi connectivity index (χ2v) is 6.02. The molecule has 2 amide bonds. The van der Waals surface area contributed by atoms with E-state index in [1.54, 1.807) is 29.2 Å². The van der Waals surface area contributed by atoms with Crippen molar-refractivity contribution in [2.24, 2.45) is 5.92 Å². The zero-order chi connectivity index (χ0) is 15.5. The molecule has 5 nitrogen and oxygen atoms in total. The van der Waals surface area contributed by atoms with E-state index < -0.39 is 0 Å². The van der Waals surface area contributed by atoms with Crippen LogP contribution in [0.1, 0.15) is 37.7 Å². The first kappa shape index (κ1) is 14.6. The number of hydrogen-bond donors (Lipinski definition) is 1. The maximum absolute atomic E-state index is 12.3. The second-order valence-electron chi connectivity index (χ2n) is 6.02. The third-order valence-electron chi connectivity index (χ3n) is 4.51. The van der Waals surface area contributed by atoms with Gasteiger partial charge in [-0.05, 0) is 25.0 Å². The third kappa shape index (κ3) is 2.82. The van der Waals surface area contributed by atoms with Gasteiger partial charge in [0.1, 0.15) is 6.07 Å². The van der Waals surface area contributed by atoms with Crippen molar-refractivity contribution in [3.05, 3.63) is 29.8 Å². The van der Waals surface area contributed by atoms with Crippen molar-refractivity contribution in [3.63, 3.8) is 0 Å². The molecule has 0 spiro atoms. The van der Waals surface area contributed by atoms with Gasteiger partial charge in [-0.25, -0.2) is 0 Å². The van der Waals surface area contributed by atoms with E-state index in [1.807, 2.05) is 0 Å². The molecule has 1 heterocycles. The van der Waals surface area contributed by atoms with Gasteiger partial charge in [0.25, 0.3) is 0 Å². The molecular formula is C17H19N3O2. The number of benzene rings is 1. The Labute approximate surface area is 129 Å². The first-order valence-corrected chi connectivity index (χ1v) is 7.79. The monoisotopic (exact) mass is 297 g/mol. The molecule has 1 saturated heterocycles. The van der Waals surface area contributed by atoms with Crippen molar-refractivity contribution >= 4 is 17.5 Å². The van der Waals surface area contributed by atoms with Crippen LogP contribution in [0, 0.1) is 17.2 Å². The van der Waals surface area contributed by atoms with Gasteiger partial charge in [0.15, 0.2) is 0 Å². The predicted molar refractivity (Wildman–Crippen MR) is 82.0 cm³/mol. The normalized spacial score (nSPS) is 21.9. The van der Waals surface area contributed by atoms with Crippen LogP contribution < -0.4 is 10.2 Å². The summed E-state index contributed by atoms with van der Waals surface area (Å²) in [6.07, 6.45) is 4.62. The van der Waals surface area contributed by atoms with Crippen LogP contribution in [0.3, 0.4) is 0 Å². The molecule has 1 atom stereocenters. The van der Waals surface area contributed by atoms with Gasteiger partial charge in [-0.3, -0.25) is 9.59 Å². The smallest absolute Gasteiger partial charge is 0.227 e. The van der Waals surface area contributed by atoms with E-state index in [2.05, 4.69) is 11.4 Å². The lowest BCUT2D eigenvalue weighted by atomic mass is 10.1. The number of carbonyl (C=O) groups is 2. The lowest BCUT2D eigenvalue weighted by molar-refractivity contribution is -0.126. The maximum atomic E-state index is 12.3. The van der Waals surface area contributed by atoms with Crippen LogP contribution in [0.25, 0.3) is 0 Å². The van der Waals surface area contributed by atoms with E-state index in [4.69, 9.17) is 5.26 Å². The first-order chi connectivity index (χ1) is 10.7. The maximum Gasteiger partial charge on any atom is 0.227 e.